The molecule has 2 aromatic rings. The normalized spacial score (nSPS) is 11.9. The third-order valence-electron chi connectivity index (χ3n) is 2.94. The topological polar surface area (TPSA) is 38.3 Å². The van der Waals surface area contributed by atoms with E-state index in [1.165, 1.54) is 0 Å². The smallest absolute Gasteiger partial charge is 0.225 e. The third-order valence-corrected chi connectivity index (χ3v) is 4.23. The van der Waals surface area contributed by atoms with Crippen LogP contribution in [0.5, 0.6) is 5.75 Å². The second kappa shape index (κ2) is 6.77. The fourth-order valence-corrected chi connectivity index (χ4v) is 2.89. The van der Waals surface area contributed by atoms with E-state index in [-0.39, 0.29) is 18.4 Å². The van der Waals surface area contributed by atoms with Gasteiger partial charge in [0, 0.05) is 15.5 Å². The minimum Gasteiger partial charge on any atom is -0.496 e. The highest BCUT2D eigenvalue weighted by Gasteiger charge is 2.13. The van der Waals surface area contributed by atoms with Crippen molar-refractivity contribution in [2.45, 2.75) is 19.4 Å². The lowest BCUT2D eigenvalue weighted by atomic mass is 10.1. The standard InChI is InChI=1S/C15H16ClNO2S/c1-10(14-4-3-7-20-14)17-15(18)9-11-8-12(16)5-6-13(11)19-2/h3-8,10H,9H2,1-2H3,(H,17,18). The number of amides is 1. The van der Waals surface area contributed by atoms with Crippen LogP contribution in [0.2, 0.25) is 5.02 Å². The van der Waals surface area contributed by atoms with Crippen molar-refractivity contribution in [1.82, 2.24) is 5.32 Å². The maximum absolute atomic E-state index is 12.1. The van der Waals surface area contributed by atoms with Gasteiger partial charge in [0.25, 0.3) is 0 Å². The zero-order chi connectivity index (χ0) is 14.5. The molecule has 1 aromatic heterocycles. The van der Waals surface area contributed by atoms with E-state index in [1.807, 2.05) is 24.4 Å². The van der Waals surface area contributed by atoms with Crippen LogP contribution in [0.15, 0.2) is 35.7 Å². The van der Waals surface area contributed by atoms with Crippen LogP contribution in [0.4, 0.5) is 0 Å². The molecule has 0 aliphatic rings. The van der Waals surface area contributed by atoms with E-state index in [0.717, 1.165) is 10.4 Å². The van der Waals surface area contributed by atoms with E-state index in [9.17, 15) is 4.79 Å². The molecule has 0 aliphatic carbocycles. The molecule has 0 radical (unpaired) electrons. The first-order chi connectivity index (χ1) is 9.60. The zero-order valence-electron chi connectivity index (χ0n) is 11.4. The molecule has 1 amide bonds. The molecule has 0 aliphatic heterocycles. The van der Waals surface area contributed by atoms with Gasteiger partial charge in [0.05, 0.1) is 19.6 Å². The Bertz CT molecular complexity index is 584. The van der Waals surface area contributed by atoms with Gasteiger partial charge in [0.15, 0.2) is 0 Å². The molecule has 0 fully saturated rings. The Hall–Kier alpha value is -1.52. The number of hydrogen-bond acceptors (Lipinski definition) is 3. The summed E-state index contributed by atoms with van der Waals surface area (Å²) in [5.74, 6) is 0.625. The highest BCUT2D eigenvalue weighted by molar-refractivity contribution is 7.10. The van der Waals surface area contributed by atoms with E-state index < -0.39 is 0 Å². The van der Waals surface area contributed by atoms with Crippen LogP contribution in [0.1, 0.15) is 23.4 Å². The molecule has 106 valence electrons. The number of ether oxygens (including phenoxy) is 1. The summed E-state index contributed by atoms with van der Waals surface area (Å²) < 4.78 is 5.24. The van der Waals surface area contributed by atoms with Crippen molar-refractivity contribution in [2.24, 2.45) is 0 Å². The van der Waals surface area contributed by atoms with Crippen molar-refractivity contribution in [2.75, 3.05) is 7.11 Å². The molecule has 20 heavy (non-hydrogen) atoms. The third kappa shape index (κ3) is 3.74. The van der Waals surface area contributed by atoms with Crippen molar-refractivity contribution in [1.29, 1.82) is 0 Å². The van der Waals surface area contributed by atoms with Gasteiger partial charge in [-0.05, 0) is 36.6 Å². The number of rotatable bonds is 5. The second-order valence-corrected chi connectivity index (χ2v) is 5.85. The summed E-state index contributed by atoms with van der Waals surface area (Å²) in [4.78, 5) is 13.2. The Morgan fingerprint density at radius 3 is 2.90 bits per heavy atom. The van der Waals surface area contributed by atoms with Crippen LogP contribution in [-0.4, -0.2) is 13.0 Å². The molecule has 0 bridgehead atoms. The lowest BCUT2D eigenvalue weighted by molar-refractivity contribution is -0.121. The van der Waals surface area contributed by atoms with Crippen LogP contribution in [0.3, 0.4) is 0 Å². The average Bonchev–Trinajstić information content (AvgIpc) is 2.92. The average molecular weight is 310 g/mol. The summed E-state index contributed by atoms with van der Waals surface area (Å²) in [5.41, 5.74) is 0.788. The number of halogens is 1. The molecule has 1 aromatic carbocycles. The van der Waals surface area contributed by atoms with Gasteiger partial charge in [-0.15, -0.1) is 11.3 Å². The van der Waals surface area contributed by atoms with Gasteiger partial charge in [-0.1, -0.05) is 17.7 Å². The summed E-state index contributed by atoms with van der Waals surface area (Å²) in [5, 5.41) is 5.57. The Balaban J connectivity index is 2.03. The summed E-state index contributed by atoms with van der Waals surface area (Å²) >= 11 is 7.59. The van der Waals surface area contributed by atoms with Gasteiger partial charge in [0.1, 0.15) is 5.75 Å². The molecule has 1 atom stereocenters. The molecule has 5 heteroatoms. The Kier molecular flexibility index (Phi) is 5.04. The summed E-state index contributed by atoms with van der Waals surface area (Å²) in [6.07, 6.45) is 0.249. The molecule has 0 saturated heterocycles. The largest absolute Gasteiger partial charge is 0.496 e. The minimum atomic E-state index is -0.0496. The minimum absolute atomic E-state index is 0.00711. The van der Waals surface area contributed by atoms with Crippen LogP contribution in [0, 0.1) is 0 Å². The number of methoxy groups -OCH3 is 1. The van der Waals surface area contributed by atoms with Gasteiger partial charge in [0.2, 0.25) is 5.91 Å². The van der Waals surface area contributed by atoms with E-state index in [4.69, 9.17) is 16.3 Å². The maximum atomic E-state index is 12.1. The van der Waals surface area contributed by atoms with Crippen molar-refractivity contribution >= 4 is 28.8 Å². The zero-order valence-corrected chi connectivity index (χ0v) is 12.9. The first-order valence-corrected chi connectivity index (χ1v) is 7.51. The lowest BCUT2D eigenvalue weighted by Gasteiger charge is -2.13. The number of carbonyl (C=O) groups is 1. The lowest BCUT2D eigenvalue weighted by Crippen LogP contribution is -2.27. The fourth-order valence-electron chi connectivity index (χ4n) is 1.96. The molecule has 1 unspecified atom stereocenters. The van der Waals surface area contributed by atoms with Crippen molar-refractivity contribution in [3.05, 3.63) is 51.2 Å². The van der Waals surface area contributed by atoms with E-state index in [0.29, 0.717) is 10.8 Å². The van der Waals surface area contributed by atoms with Gasteiger partial charge in [-0.25, -0.2) is 0 Å². The molecule has 2 rings (SSSR count). The molecule has 3 nitrogen and oxygen atoms in total. The van der Waals surface area contributed by atoms with Crippen LogP contribution in [-0.2, 0) is 11.2 Å². The summed E-state index contributed by atoms with van der Waals surface area (Å²) in [7, 11) is 1.58. The van der Waals surface area contributed by atoms with E-state index >= 15 is 0 Å². The highest BCUT2D eigenvalue weighted by Crippen LogP contribution is 2.24. The van der Waals surface area contributed by atoms with Crippen molar-refractivity contribution in [3.8, 4) is 5.75 Å². The number of thiophene rings is 1. The van der Waals surface area contributed by atoms with Crippen LogP contribution in [0.25, 0.3) is 0 Å². The quantitative estimate of drug-likeness (QED) is 0.911. The molecule has 1 heterocycles. The van der Waals surface area contributed by atoms with Crippen molar-refractivity contribution < 1.29 is 9.53 Å². The second-order valence-electron chi connectivity index (χ2n) is 4.44. The van der Waals surface area contributed by atoms with Gasteiger partial charge in [-0.2, -0.15) is 0 Å². The molecule has 1 N–H and O–H groups in total. The number of benzene rings is 1. The highest BCUT2D eigenvalue weighted by atomic mass is 35.5. The van der Waals surface area contributed by atoms with Crippen LogP contribution >= 0.6 is 22.9 Å². The molecular formula is C15H16ClNO2S. The predicted molar refractivity (Wildman–Crippen MR) is 82.6 cm³/mol. The van der Waals surface area contributed by atoms with Gasteiger partial charge < -0.3 is 10.1 Å². The van der Waals surface area contributed by atoms with E-state index in [1.54, 1.807) is 36.6 Å². The predicted octanol–water partition coefficient (Wildman–Crippen LogP) is 3.83. The van der Waals surface area contributed by atoms with E-state index in [2.05, 4.69) is 5.32 Å². The first-order valence-electron chi connectivity index (χ1n) is 6.25. The fraction of sp³-hybridized carbons (Fsp3) is 0.267. The number of nitrogens with one attached hydrogen (secondary N) is 1. The first kappa shape index (κ1) is 14.9. The Morgan fingerprint density at radius 1 is 1.45 bits per heavy atom. The van der Waals surface area contributed by atoms with Gasteiger partial charge >= 0.3 is 0 Å². The molecular weight excluding hydrogens is 294 g/mol. The summed E-state index contributed by atoms with van der Waals surface area (Å²) in [6.45, 7) is 1.97. The molecule has 0 saturated carbocycles. The molecule has 0 spiro atoms. The Labute approximate surface area is 127 Å². The monoisotopic (exact) mass is 309 g/mol. The van der Waals surface area contributed by atoms with Gasteiger partial charge in [-0.3, -0.25) is 4.79 Å². The van der Waals surface area contributed by atoms with Crippen LogP contribution < -0.4 is 10.1 Å². The number of hydrogen-bond donors (Lipinski definition) is 1. The summed E-state index contributed by atoms with van der Waals surface area (Å²) in [6, 6.07) is 9.27. The SMILES string of the molecule is COc1ccc(Cl)cc1CC(=O)NC(C)c1cccs1. The van der Waals surface area contributed by atoms with Crippen molar-refractivity contribution in [3.63, 3.8) is 0 Å². The number of carbonyl (C=O) groups excluding carboxylic acids is 1. The Morgan fingerprint density at radius 2 is 2.25 bits per heavy atom. The maximum Gasteiger partial charge on any atom is 0.225 e.